The SMILES string of the molecule is O=C(CCc1ccn2ncc(C(=O)N3CCN(c4ccc(O)cc4)CC3)c2c1)c1ccccc1. The van der Waals surface area contributed by atoms with Crippen LogP contribution < -0.4 is 4.90 Å². The maximum absolute atomic E-state index is 13.3. The molecule has 1 saturated heterocycles. The zero-order valence-corrected chi connectivity index (χ0v) is 18.8. The number of benzene rings is 2. The number of phenols is 1. The van der Waals surface area contributed by atoms with Gasteiger partial charge >= 0.3 is 0 Å². The molecular weight excluding hydrogens is 428 g/mol. The van der Waals surface area contributed by atoms with Crippen molar-refractivity contribution in [3.8, 4) is 5.75 Å². The zero-order chi connectivity index (χ0) is 23.5. The number of fused-ring (bicyclic) bond motifs is 1. The molecule has 0 saturated carbocycles. The van der Waals surface area contributed by atoms with E-state index in [4.69, 9.17) is 0 Å². The molecule has 0 atom stereocenters. The van der Waals surface area contributed by atoms with Crippen molar-refractivity contribution in [1.82, 2.24) is 14.5 Å². The maximum atomic E-state index is 13.3. The van der Waals surface area contributed by atoms with Crippen molar-refractivity contribution in [2.24, 2.45) is 0 Å². The minimum atomic E-state index is -0.0298. The van der Waals surface area contributed by atoms with Crippen LogP contribution in [0.3, 0.4) is 0 Å². The first-order chi connectivity index (χ1) is 16.6. The van der Waals surface area contributed by atoms with E-state index < -0.39 is 0 Å². The van der Waals surface area contributed by atoms with Gasteiger partial charge in [-0.05, 0) is 48.4 Å². The molecule has 0 radical (unpaired) electrons. The predicted octanol–water partition coefficient (Wildman–Crippen LogP) is 3.82. The molecule has 4 aromatic rings. The van der Waals surface area contributed by atoms with E-state index in [1.807, 2.05) is 65.7 Å². The number of aromatic nitrogens is 2. The van der Waals surface area contributed by atoms with Gasteiger partial charge in [-0.1, -0.05) is 30.3 Å². The molecule has 0 unspecified atom stereocenters. The second-order valence-corrected chi connectivity index (χ2v) is 8.51. The third-order valence-corrected chi connectivity index (χ3v) is 6.33. The van der Waals surface area contributed by atoms with Gasteiger partial charge in [-0.3, -0.25) is 9.59 Å². The van der Waals surface area contributed by atoms with Gasteiger partial charge in [0.05, 0.1) is 17.3 Å². The van der Waals surface area contributed by atoms with E-state index in [0.717, 1.165) is 35.4 Å². The Bertz CT molecular complexity index is 1310. The molecule has 1 N–H and O–H groups in total. The molecule has 1 fully saturated rings. The number of phenolic OH excluding ortho intramolecular Hbond substituents is 1. The second kappa shape index (κ2) is 9.39. The Hall–Kier alpha value is -4.13. The number of ketones is 1. The fourth-order valence-electron chi connectivity index (χ4n) is 4.37. The predicted molar refractivity (Wildman–Crippen MR) is 131 cm³/mol. The summed E-state index contributed by atoms with van der Waals surface area (Å²) >= 11 is 0. The highest BCUT2D eigenvalue weighted by molar-refractivity contribution is 6.01. The maximum Gasteiger partial charge on any atom is 0.257 e. The van der Waals surface area contributed by atoms with E-state index in [1.54, 1.807) is 22.8 Å². The van der Waals surface area contributed by atoms with E-state index in [2.05, 4.69) is 10.00 Å². The van der Waals surface area contributed by atoms with Crippen LogP contribution in [0.4, 0.5) is 5.69 Å². The van der Waals surface area contributed by atoms with Crippen LogP contribution in [0.25, 0.3) is 5.52 Å². The van der Waals surface area contributed by atoms with E-state index in [0.29, 0.717) is 31.5 Å². The first-order valence-corrected chi connectivity index (χ1v) is 11.5. The molecule has 1 amide bonds. The van der Waals surface area contributed by atoms with Crippen LogP contribution in [0.5, 0.6) is 5.75 Å². The minimum absolute atomic E-state index is 0.0298. The van der Waals surface area contributed by atoms with Crippen molar-refractivity contribution in [1.29, 1.82) is 0 Å². The van der Waals surface area contributed by atoms with Gasteiger partial charge in [-0.25, -0.2) is 4.52 Å². The molecule has 7 heteroatoms. The lowest BCUT2D eigenvalue weighted by atomic mass is 10.0. The third kappa shape index (κ3) is 4.50. The lowest BCUT2D eigenvalue weighted by Crippen LogP contribution is -2.48. The lowest BCUT2D eigenvalue weighted by Gasteiger charge is -2.36. The van der Waals surface area contributed by atoms with Crippen molar-refractivity contribution in [2.75, 3.05) is 31.1 Å². The van der Waals surface area contributed by atoms with Crippen molar-refractivity contribution >= 4 is 22.9 Å². The monoisotopic (exact) mass is 454 g/mol. The summed E-state index contributed by atoms with van der Waals surface area (Å²) in [6.45, 7) is 2.68. The van der Waals surface area contributed by atoms with Gasteiger partial charge in [0.25, 0.3) is 5.91 Å². The Labute approximate surface area is 197 Å². The van der Waals surface area contributed by atoms with Gasteiger partial charge in [0.15, 0.2) is 5.78 Å². The number of aromatic hydroxyl groups is 1. The molecule has 0 spiro atoms. The van der Waals surface area contributed by atoms with Crippen molar-refractivity contribution in [3.05, 3.63) is 95.8 Å². The summed E-state index contributed by atoms with van der Waals surface area (Å²) in [7, 11) is 0. The first kappa shape index (κ1) is 21.7. The van der Waals surface area contributed by atoms with Crippen LogP contribution in [0.1, 0.15) is 32.7 Å². The largest absolute Gasteiger partial charge is 0.508 e. The summed E-state index contributed by atoms with van der Waals surface area (Å²) < 4.78 is 1.71. The normalized spacial score (nSPS) is 13.9. The van der Waals surface area contributed by atoms with Gasteiger partial charge in [0.2, 0.25) is 0 Å². The Balaban J connectivity index is 1.26. The molecule has 3 heterocycles. The van der Waals surface area contributed by atoms with E-state index >= 15 is 0 Å². The Morgan fingerprint density at radius 1 is 0.912 bits per heavy atom. The summed E-state index contributed by atoms with van der Waals surface area (Å²) in [6, 6.07) is 20.4. The van der Waals surface area contributed by atoms with Crippen LogP contribution in [0.15, 0.2) is 79.1 Å². The van der Waals surface area contributed by atoms with Gasteiger partial charge in [0.1, 0.15) is 5.75 Å². The number of anilines is 1. The molecule has 0 aliphatic carbocycles. The molecule has 7 nitrogen and oxygen atoms in total. The Morgan fingerprint density at radius 2 is 1.65 bits per heavy atom. The van der Waals surface area contributed by atoms with Crippen LogP contribution in [0, 0.1) is 0 Å². The summed E-state index contributed by atoms with van der Waals surface area (Å²) in [5.41, 5.74) is 4.10. The zero-order valence-electron chi connectivity index (χ0n) is 18.8. The Morgan fingerprint density at radius 3 is 2.38 bits per heavy atom. The molecule has 172 valence electrons. The number of hydrogen-bond donors (Lipinski definition) is 1. The van der Waals surface area contributed by atoms with E-state index in [9.17, 15) is 14.7 Å². The summed E-state index contributed by atoms with van der Waals surface area (Å²) in [5.74, 6) is 0.323. The first-order valence-electron chi connectivity index (χ1n) is 11.5. The van der Waals surface area contributed by atoms with Gasteiger partial charge in [0, 0.05) is 50.0 Å². The third-order valence-electron chi connectivity index (χ3n) is 6.33. The number of aryl methyl sites for hydroxylation is 1. The smallest absolute Gasteiger partial charge is 0.257 e. The minimum Gasteiger partial charge on any atom is -0.508 e. The molecule has 2 aromatic carbocycles. The van der Waals surface area contributed by atoms with Gasteiger partial charge in [-0.15, -0.1) is 0 Å². The molecule has 34 heavy (non-hydrogen) atoms. The van der Waals surface area contributed by atoms with E-state index in [-0.39, 0.29) is 17.4 Å². The van der Waals surface area contributed by atoms with Crippen LogP contribution in [-0.2, 0) is 6.42 Å². The standard InChI is InChI=1S/C27H26N4O3/c32-23-9-7-22(8-10-23)29-14-16-30(17-15-29)27(34)24-19-28-31-13-12-20(18-25(24)31)6-11-26(33)21-4-2-1-3-5-21/h1-5,7-10,12-13,18-19,32H,6,11,14-17H2. The molecule has 0 bridgehead atoms. The number of pyridine rings is 1. The quantitative estimate of drug-likeness (QED) is 0.448. The topological polar surface area (TPSA) is 78.2 Å². The van der Waals surface area contributed by atoms with Gasteiger partial charge < -0.3 is 14.9 Å². The average Bonchev–Trinajstić information content (AvgIpc) is 3.31. The summed E-state index contributed by atoms with van der Waals surface area (Å²) in [5, 5.41) is 13.9. The number of rotatable bonds is 6. The molecule has 2 aromatic heterocycles. The number of piperazine rings is 1. The average molecular weight is 455 g/mol. The number of nitrogens with zero attached hydrogens (tertiary/aromatic N) is 4. The number of amides is 1. The van der Waals surface area contributed by atoms with Crippen molar-refractivity contribution in [2.45, 2.75) is 12.8 Å². The highest BCUT2D eigenvalue weighted by Gasteiger charge is 2.24. The van der Waals surface area contributed by atoms with Gasteiger partial charge in [-0.2, -0.15) is 5.10 Å². The lowest BCUT2D eigenvalue weighted by molar-refractivity contribution is 0.0748. The molecule has 5 rings (SSSR count). The number of Topliss-reactive ketones (excluding diaryl/α,β-unsaturated/α-hetero) is 1. The highest BCUT2D eigenvalue weighted by Crippen LogP contribution is 2.22. The molecular formula is C27H26N4O3. The number of hydrogen-bond acceptors (Lipinski definition) is 5. The fraction of sp³-hybridized carbons (Fsp3) is 0.222. The van der Waals surface area contributed by atoms with Crippen LogP contribution in [0.2, 0.25) is 0 Å². The van der Waals surface area contributed by atoms with E-state index in [1.165, 1.54) is 0 Å². The van der Waals surface area contributed by atoms with Crippen molar-refractivity contribution < 1.29 is 14.7 Å². The van der Waals surface area contributed by atoms with Crippen LogP contribution >= 0.6 is 0 Å². The Kier molecular flexibility index (Phi) is 5.99. The highest BCUT2D eigenvalue weighted by atomic mass is 16.3. The fourth-order valence-corrected chi connectivity index (χ4v) is 4.37. The molecule has 1 aliphatic heterocycles. The van der Waals surface area contributed by atoms with Crippen LogP contribution in [-0.4, -0.2) is 57.5 Å². The molecule has 1 aliphatic rings. The number of carbonyl (C=O) groups excluding carboxylic acids is 2. The van der Waals surface area contributed by atoms with Crippen molar-refractivity contribution in [3.63, 3.8) is 0 Å². The summed E-state index contributed by atoms with van der Waals surface area (Å²) in [4.78, 5) is 29.8. The summed E-state index contributed by atoms with van der Waals surface area (Å²) in [6.07, 6.45) is 4.49. The number of carbonyl (C=O) groups is 2. The second-order valence-electron chi connectivity index (χ2n) is 8.51.